The van der Waals surface area contributed by atoms with Crippen LogP contribution in [0.15, 0.2) is 194 Å². The van der Waals surface area contributed by atoms with E-state index in [1.807, 2.05) is 24.3 Å². The van der Waals surface area contributed by atoms with Crippen LogP contribution in [0.5, 0.6) is 0 Å². The number of phosphoric ester groups is 2. The number of hydrogen-bond donors (Lipinski definition) is 3. The summed E-state index contributed by atoms with van der Waals surface area (Å²) in [6, 6.07) is 0. The molecule has 3 N–H and O–H groups in total. The summed E-state index contributed by atoms with van der Waals surface area (Å²) in [7, 11) is -10.0. The van der Waals surface area contributed by atoms with Crippen LogP contribution >= 0.6 is 15.6 Å². The van der Waals surface area contributed by atoms with Gasteiger partial charge >= 0.3 is 39.5 Å². The van der Waals surface area contributed by atoms with Crippen molar-refractivity contribution in [3.63, 3.8) is 0 Å². The summed E-state index contributed by atoms with van der Waals surface area (Å²) >= 11 is 0. The lowest BCUT2D eigenvalue weighted by Gasteiger charge is -2.21. The third-order valence-electron chi connectivity index (χ3n) is 15.1. The van der Waals surface area contributed by atoms with E-state index in [2.05, 4.69) is 186 Å². The van der Waals surface area contributed by atoms with E-state index in [9.17, 15) is 43.2 Å². The summed E-state index contributed by atoms with van der Waals surface area (Å²) in [5, 5.41) is 10.6. The summed E-state index contributed by atoms with van der Waals surface area (Å²) < 4.78 is 68.3. The first-order valence-electron chi connectivity index (χ1n) is 38.7. The molecule has 17 nitrogen and oxygen atoms in total. The van der Waals surface area contributed by atoms with Crippen molar-refractivity contribution in [2.24, 2.45) is 0 Å². The minimum Gasteiger partial charge on any atom is -0.462 e. The third kappa shape index (κ3) is 74.2. The van der Waals surface area contributed by atoms with Crippen molar-refractivity contribution in [3.05, 3.63) is 194 Å². The maximum Gasteiger partial charge on any atom is 0.472 e. The molecule has 0 aliphatic heterocycles. The molecule has 5 atom stereocenters. The highest BCUT2D eigenvalue weighted by Crippen LogP contribution is 2.45. The summed E-state index contributed by atoms with van der Waals surface area (Å²) in [4.78, 5) is 72.9. The molecule has 0 aliphatic carbocycles. The molecular weight excluding hydrogens is 1350 g/mol. The fourth-order valence-electron chi connectivity index (χ4n) is 9.29. The van der Waals surface area contributed by atoms with Crippen LogP contribution in [0.4, 0.5) is 0 Å². The van der Waals surface area contributed by atoms with Crippen LogP contribution in [0.25, 0.3) is 0 Å². The number of aliphatic hydroxyl groups is 1. The minimum absolute atomic E-state index is 0.0551. The van der Waals surface area contributed by atoms with E-state index in [1.165, 1.54) is 19.3 Å². The molecule has 0 aliphatic rings. The standard InChI is InChI=1S/C85H134O17P2/c1-5-9-13-17-21-25-29-33-37-39-43-45-49-53-57-61-65-69-82(87)95-75-80(101-84(89)71-67-63-59-55-51-47-41-35-31-27-23-19-15-11-7-3)77-99-103(91,92)97-73-79(86)74-98-104(93,94)100-78-81(102-85(90)72-68-64-60-56-52-48-42-36-32-28-24-20-16-12-8-4)76-96-83(88)70-66-62-58-54-50-46-44-40-38-34-30-26-22-18-14-10-6-2/h9-11,13-15,21-28,33-38,41-46,51,53,55,57,63,67,79-81,86H,5-8,12,16-20,29-32,39-40,47-50,52,54,56,58-62,64-66,68-78H2,1-4H3,(H,91,92)(H,93,94)/b13-9-,14-10-,15-11-,25-21-,26-22-,27-23-,28-24-,37-33-,38-34-,41-35-,42-36-,45-43-,46-44-,55-51-,57-53-,67-63-. The number of aliphatic hydroxyl groups excluding tert-OH is 1. The molecule has 5 unspecified atom stereocenters. The number of carbonyl (C=O) groups is 4. The Labute approximate surface area is 627 Å². The Morgan fingerprint density at radius 2 is 0.548 bits per heavy atom. The zero-order valence-corrected chi connectivity index (χ0v) is 65.6. The van der Waals surface area contributed by atoms with Gasteiger partial charge in [-0.1, -0.05) is 267 Å². The van der Waals surface area contributed by atoms with Crippen molar-refractivity contribution in [2.75, 3.05) is 39.6 Å². The molecule has 0 aromatic rings. The number of carbonyl (C=O) groups excluding carboxylic acids is 4. The Morgan fingerprint density at radius 1 is 0.288 bits per heavy atom. The highest BCUT2D eigenvalue weighted by Gasteiger charge is 2.30. The van der Waals surface area contributed by atoms with E-state index < -0.39 is 97.5 Å². The van der Waals surface area contributed by atoms with E-state index in [0.717, 1.165) is 154 Å². The molecule has 104 heavy (non-hydrogen) atoms. The predicted octanol–water partition coefficient (Wildman–Crippen LogP) is 22.5. The largest absolute Gasteiger partial charge is 0.472 e. The average molecular weight is 1490 g/mol. The van der Waals surface area contributed by atoms with Gasteiger partial charge in [0, 0.05) is 19.3 Å². The molecule has 0 amide bonds. The summed E-state index contributed by atoms with van der Waals surface area (Å²) in [5.41, 5.74) is 0. The Bertz CT molecular complexity index is 2740. The van der Waals surface area contributed by atoms with Crippen LogP contribution in [0.1, 0.15) is 259 Å². The van der Waals surface area contributed by atoms with Crippen LogP contribution in [0.3, 0.4) is 0 Å². The van der Waals surface area contributed by atoms with Crippen LogP contribution in [-0.4, -0.2) is 96.7 Å². The van der Waals surface area contributed by atoms with Crippen molar-refractivity contribution >= 4 is 39.5 Å². The van der Waals surface area contributed by atoms with E-state index in [-0.39, 0.29) is 25.7 Å². The summed E-state index contributed by atoms with van der Waals surface area (Å²) in [6.07, 6.45) is 91.7. The van der Waals surface area contributed by atoms with E-state index >= 15 is 0 Å². The van der Waals surface area contributed by atoms with E-state index in [4.69, 9.17) is 37.0 Å². The Hall–Kier alpha value is -6.10. The second-order valence-electron chi connectivity index (χ2n) is 24.8. The van der Waals surface area contributed by atoms with Gasteiger partial charge in [-0.15, -0.1) is 0 Å². The number of unbranched alkanes of at least 4 members (excludes halogenated alkanes) is 13. The lowest BCUT2D eigenvalue weighted by molar-refractivity contribution is -0.161. The van der Waals surface area contributed by atoms with Crippen LogP contribution in [0.2, 0.25) is 0 Å². The first-order valence-corrected chi connectivity index (χ1v) is 41.7. The van der Waals surface area contributed by atoms with Crippen molar-refractivity contribution in [1.29, 1.82) is 0 Å². The predicted molar refractivity (Wildman–Crippen MR) is 426 cm³/mol. The number of allylic oxidation sites excluding steroid dienone is 31. The lowest BCUT2D eigenvalue weighted by atomic mass is 10.1. The molecule has 0 rings (SSSR count). The zero-order valence-electron chi connectivity index (χ0n) is 63.9. The second kappa shape index (κ2) is 75.1. The number of esters is 4. The summed E-state index contributed by atoms with van der Waals surface area (Å²) in [6.45, 7) is 4.24. The van der Waals surface area contributed by atoms with Crippen molar-refractivity contribution in [3.8, 4) is 0 Å². The van der Waals surface area contributed by atoms with E-state index in [1.54, 1.807) is 12.2 Å². The topological polar surface area (TPSA) is 237 Å². The number of rotatable bonds is 70. The third-order valence-corrected chi connectivity index (χ3v) is 17.0. The monoisotopic (exact) mass is 1490 g/mol. The van der Waals surface area contributed by atoms with Gasteiger partial charge in [0.15, 0.2) is 12.2 Å². The molecule has 0 radical (unpaired) electrons. The Morgan fingerprint density at radius 3 is 0.894 bits per heavy atom. The molecule has 0 saturated carbocycles. The normalized spacial score (nSPS) is 15.0. The van der Waals surface area contributed by atoms with Crippen LogP contribution in [0, 0.1) is 0 Å². The highest BCUT2D eigenvalue weighted by atomic mass is 31.2. The fraction of sp³-hybridized carbons (Fsp3) is 0.576. The lowest BCUT2D eigenvalue weighted by Crippen LogP contribution is -2.30. The minimum atomic E-state index is -5.03. The van der Waals surface area contributed by atoms with Gasteiger partial charge in [-0.3, -0.25) is 37.3 Å². The van der Waals surface area contributed by atoms with Crippen LogP contribution in [-0.2, 0) is 65.4 Å². The first-order chi connectivity index (χ1) is 50.7. The van der Waals surface area contributed by atoms with Crippen molar-refractivity contribution < 1.29 is 80.2 Å². The van der Waals surface area contributed by atoms with Gasteiger partial charge in [-0.25, -0.2) is 9.13 Å². The second-order valence-corrected chi connectivity index (χ2v) is 27.7. The number of ether oxygens (including phenoxy) is 4. The van der Waals surface area contributed by atoms with Gasteiger partial charge in [-0.2, -0.15) is 0 Å². The Kier molecular flexibility index (Phi) is 70.7. The average Bonchev–Trinajstić information content (AvgIpc) is 0.937. The van der Waals surface area contributed by atoms with Crippen LogP contribution < -0.4 is 0 Å². The van der Waals surface area contributed by atoms with Gasteiger partial charge in [0.1, 0.15) is 19.3 Å². The van der Waals surface area contributed by atoms with Gasteiger partial charge in [0.25, 0.3) is 0 Å². The zero-order chi connectivity index (χ0) is 76.0. The number of hydrogen-bond acceptors (Lipinski definition) is 15. The molecule has 0 aromatic carbocycles. The maximum atomic E-state index is 13.1. The maximum absolute atomic E-state index is 13.1. The SMILES string of the molecule is CC/C=C\C/C=C\C/C=C\C/C=C\C/C=C\CCCC(=O)OCC(COP(=O)(O)OCC(O)COP(=O)(O)OCC(COC(=O)CCCCCC/C=C\C/C=C\C/C=C\C/C=C\CC)OC(=O)CCCCCCC/C=C\C/C=C\CCCCC)OC(=O)C/C=C\C/C=C\C/C=C\C/C=C\C/C=C\CC. The quantitative estimate of drug-likeness (QED) is 0.0169. The van der Waals surface area contributed by atoms with Gasteiger partial charge in [-0.05, 0) is 161 Å². The van der Waals surface area contributed by atoms with Gasteiger partial charge in [0.2, 0.25) is 0 Å². The first kappa shape index (κ1) is 97.9. The highest BCUT2D eigenvalue weighted by molar-refractivity contribution is 7.47. The van der Waals surface area contributed by atoms with Crippen molar-refractivity contribution in [2.45, 2.75) is 277 Å². The fourth-order valence-corrected chi connectivity index (χ4v) is 10.9. The Balaban J connectivity index is 5.54. The summed E-state index contributed by atoms with van der Waals surface area (Å²) in [5.74, 6) is -2.46. The smallest absolute Gasteiger partial charge is 0.462 e. The van der Waals surface area contributed by atoms with Crippen molar-refractivity contribution in [1.82, 2.24) is 0 Å². The molecule has 0 spiro atoms. The molecule has 0 saturated heterocycles. The molecule has 0 aromatic heterocycles. The van der Waals surface area contributed by atoms with Gasteiger partial charge in [0.05, 0.1) is 32.8 Å². The van der Waals surface area contributed by atoms with E-state index in [0.29, 0.717) is 32.1 Å². The number of phosphoric acid groups is 2. The molecule has 586 valence electrons. The molecule has 19 heteroatoms. The molecular formula is C85H134O17P2. The van der Waals surface area contributed by atoms with Gasteiger partial charge < -0.3 is 33.8 Å². The molecule has 0 fully saturated rings. The molecule has 0 bridgehead atoms. The molecule has 0 heterocycles.